The van der Waals surface area contributed by atoms with Gasteiger partial charge in [0.1, 0.15) is 0 Å². The SMILES string of the molecule is CCCN(CC(=O)Nc1cc(Cl)ccc1Cl)Cc1ccc(C(=O)O)cc1. The number of carbonyl (C=O) groups is 2. The third kappa shape index (κ3) is 6.02. The van der Waals surface area contributed by atoms with Crippen LogP contribution in [0.25, 0.3) is 0 Å². The van der Waals surface area contributed by atoms with E-state index < -0.39 is 5.97 Å². The fraction of sp³-hybridized carbons (Fsp3) is 0.263. The van der Waals surface area contributed by atoms with Gasteiger partial charge in [-0.3, -0.25) is 9.69 Å². The highest BCUT2D eigenvalue weighted by molar-refractivity contribution is 6.35. The molecule has 5 nitrogen and oxygen atoms in total. The Morgan fingerprint density at radius 1 is 1.12 bits per heavy atom. The highest BCUT2D eigenvalue weighted by Crippen LogP contribution is 2.25. The van der Waals surface area contributed by atoms with Crippen molar-refractivity contribution in [2.24, 2.45) is 0 Å². The van der Waals surface area contributed by atoms with Gasteiger partial charge in [-0.15, -0.1) is 0 Å². The second kappa shape index (κ2) is 9.57. The number of nitrogens with one attached hydrogen (secondary N) is 1. The largest absolute Gasteiger partial charge is 0.478 e. The smallest absolute Gasteiger partial charge is 0.335 e. The van der Waals surface area contributed by atoms with Crippen molar-refractivity contribution in [3.63, 3.8) is 0 Å². The molecule has 0 saturated heterocycles. The normalized spacial score (nSPS) is 10.8. The van der Waals surface area contributed by atoms with Crippen LogP contribution in [0.3, 0.4) is 0 Å². The Balaban J connectivity index is 2.01. The highest BCUT2D eigenvalue weighted by Gasteiger charge is 2.13. The minimum absolute atomic E-state index is 0.190. The second-order valence-corrected chi connectivity index (χ2v) is 6.73. The average molecular weight is 395 g/mol. The maximum atomic E-state index is 12.4. The van der Waals surface area contributed by atoms with E-state index in [0.717, 1.165) is 18.5 Å². The van der Waals surface area contributed by atoms with Gasteiger partial charge in [-0.1, -0.05) is 42.3 Å². The van der Waals surface area contributed by atoms with Gasteiger partial charge in [0.15, 0.2) is 0 Å². The highest BCUT2D eigenvalue weighted by atomic mass is 35.5. The standard InChI is InChI=1S/C19H20Cl2N2O3/c1-2-9-23(11-13-3-5-14(6-4-13)19(25)26)12-18(24)22-17-10-15(20)7-8-16(17)21/h3-8,10H,2,9,11-12H2,1H3,(H,22,24)(H,25,26). The van der Waals surface area contributed by atoms with Gasteiger partial charge < -0.3 is 10.4 Å². The van der Waals surface area contributed by atoms with Crippen molar-refractivity contribution in [2.75, 3.05) is 18.4 Å². The molecule has 0 unspecified atom stereocenters. The molecule has 0 aromatic heterocycles. The number of rotatable bonds is 8. The summed E-state index contributed by atoms with van der Waals surface area (Å²) >= 11 is 12.0. The van der Waals surface area contributed by atoms with Crippen LogP contribution in [0.15, 0.2) is 42.5 Å². The van der Waals surface area contributed by atoms with E-state index in [9.17, 15) is 9.59 Å². The molecule has 0 aliphatic rings. The first kappa shape index (κ1) is 20.2. The van der Waals surface area contributed by atoms with Crippen LogP contribution in [0, 0.1) is 0 Å². The monoisotopic (exact) mass is 394 g/mol. The molecule has 0 saturated carbocycles. The van der Waals surface area contributed by atoms with Crippen LogP contribution >= 0.6 is 23.2 Å². The summed E-state index contributed by atoms with van der Waals surface area (Å²) < 4.78 is 0. The maximum absolute atomic E-state index is 12.4. The molecule has 2 aromatic rings. The van der Waals surface area contributed by atoms with Gasteiger partial charge in [0, 0.05) is 11.6 Å². The van der Waals surface area contributed by atoms with Crippen molar-refractivity contribution in [2.45, 2.75) is 19.9 Å². The number of amides is 1. The predicted molar refractivity (Wildman–Crippen MR) is 104 cm³/mol. The molecule has 0 bridgehead atoms. The number of anilines is 1. The number of carbonyl (C=O) groups excluding carboxylic acids is 1. The van der Waals surface area contributed by atoms with Crippen molar-refractivity contribution in [1.82, 2.24) is 4.90 Å². The van der Waals surface area contributed by atoms with Gasteiger partial charge in [-0.2, -0.15) is 0 Å². The number of benzene rings is 2. The summed E-state index contributed by atoms with van der Waals surface area (Å²) in [7, 11) is 0. The first-order valence-electron chi connectivity index (χ1n) is 8.18. The Morgan fingerprint density at radius 3 is 2.42 bits per heavy atom. The average Bonchev–Trinajstić information content (AvgIpc) is 2.58. The third-order valence-electron chi connectivity index (χ3n) is 3.72. The van der Waals surface area contributed by atoms with Crippen LogP contribution in [-0.4, -0.2) is 35.0 Å². The van der Waals surface area contributed by atoms with Crippen LogP contribution in [-0.2, 0) is 11.3 Å². The van der Waals surface area contributed by atoms with E-state index in [0.29, 0.717) is 22.3 Å². The quantitative estimate of drug-likeness (QED) is 0.689. The Labute approximate surface area is 162 Å². The molecule has 7 heteroatoms. The zero-order chi connectivity index (χ0) is 19.1. The summed E-state index contributed by atoms with van der Waals surface area (Å²) in [4.78, 5) is 25.3. The summed E-state index contributed by atoms with van der Waals surface area (Å²) in [5.74, 6) is -1.15. The van der Waals surface area contributed by atoms with Crippen LogP contribution in [0.4, 0.5) is 5.69 Å². The number of nitrogens with zero attached hydrogens (tertiary/aromatic N) is 1. The zero-order valence-corrected chi connectivity index (χ0v) is 15.8. The molecular weight excluding hydrogens is 375 g/mol. The fourth-order valence-electron chi connectivity index (χ4n) is 2.53. The molecule has 2 N–H and O–H groups in total. The van der Waals surface area contributed by atoms with Gasteiger partial charge in [0.2, 0.25) is 5.91 Å². The molecule has 138 valence electrons. The first-order chi connectivity index (χ1) is 12.4. The van der Waals surface area contributed by atoms with Crippen LogP contribution in [0.1, 0.15) is 29.3 Å². The number of hydrogen-bond donors (Lipinski definition) is 2. The second-order valence-electron chi connectivity index (χ2n) is 5.89. The Morgan fingerprint density at radius 2 is 1.81 bits per heavy atom. The molecule has 0 atom stereocenters. The Kier molecular flexibility index (Phi) is 7.45. The van der Waals surface area contributed by atoms with Crippen LogP contribution in [0.5, 0.6) is 0 Å². The number of hydrogen-bond acceptors (Lipinski definition) is 3. The Hall–Kier alpha value is -2.08. The molecule has 2 aromatic carbocycles. The summed E-state index contributed by atoms with van der Waals surface area (Å²) in [5, 5.41) is 12.7. The van der Waals surface area contributed by atoms with E-state index >= 15 is 0 Å². The number of carboxylic acid groups (broad SMARTS) is 1. The Bertz CT molecular complexity index is 779. The van der Waals surface area contributed by atoms with E-state index in [1.165, 1.54) is 0 Å². The van der Waals surface area contributed by atoms with Crippen LogP contribution in [0.2, 0.25) is 10.0 Å². The van der Waals surface area contributed by atoms with E-state index in [2.05, 4.69) is 5.32 Å². The molecule has 0 aliphatic heterocycles. The summed E-state index contributed by atoms with van der Waals surface area (Å²) in [5.41, 5.74) is 1.66. The number of aromatic carboxylic acids is 1. The summed E-state index contributed by atoms with van der Waals surface area (Å²) in [6.07, 6.45) is 0.887. The van der Waals surface area contributed by atoms with Crippen molar-refractivity contribution in [3.8, 4) is 0 Å². The third-order valence-corrected chi connectivity index (χ3v) is 4.28. The lowest BCUT2D eigenvalue weighted by Gasteiger charge is -2.21. The molecule has 2 rings (SSSR count). The van der Waals surface area contributed by atoms with Crippen molar-refractivity contribution in [3.05, 3.63) is 63.6 Å². The number of carboxylic acids is 1. The van der Waals surface area contributed by atoms with E-state index in [1.807, 2.05) is 11.8 Å². The lowest BCUT2D eigenvalue weighted by Crippen LogP contribution is -2.33. The van der Waals surface area contributed by atoms with Crippen molar-refractivity contribution < 1.29 is 14.7 Å². The summed E-state index contributed by atoms with van der Waals surface area (Å²) in [6, 6.07) is 11.5. The minimum Gasteiger partial charge on any atom is -0.478 e. The fourth-order valence-corrected chi connectivity index (χ4v) is 2.86. The van der Waals surface area contributed by atoms with E-state index in [4.69, 9.17) is 28.3 Å². The summed E-state index contributed by atoms with van der Waals surface area (Å²) in [6.45, 7) is 3.51. The minimum atomic E-state index is -0.959. The molecule has 1 amide bonds. The topological polar surface area (TPSA) is 69.6 Å². The molecular formula is C19H20Cl2N2O3. The zero-order valence-electron chi connectivity index (χ0n) is 14.3. The van der Waals surface area contributed by atoms with Gasteiger partial charge >= 0.3 is 5.97 Å². The maximum Gasteiger partial charge on any atom is 0.335 e. The van der Waals surface area contributed by atoms with Gasteiger partial charge in [-0.05, 0) is 48.9 Å². The molecule has 26 heavy (non-hydrogen) atoms. The van der Waals surface area contributed by atoms with Crippen molar-refractivity contribution >= 4 is 40.8 Å². The van der Waals surface area contributed by atoms with Gasteiger partial charge in [0.25, 0.3) is 0 Å². The van der Waals surface area contributed by atoms with E-state index in [1.54, 1.807) is 42.5 Å². The molecule has 0 radical (unpaired) electrons. The molecule has 0 fully saturated rings. The lowest BCUT2D eigenvalue weighted by molar-refractivity contribution is -0.117. The van der Waals surface area contributed by atoms with E-state index in [-0.39, 0.29) is 18.0 Å². The number of halogens is 2. The van der Waals surface area contributed by atoms with Crippen LogP contribution < -0.4 is 5.32 Å². The lowest BCUT2D eigenvalue weighted by atomic mass is 10.1. The molecule has 0 heterocycles. The van der Waals surface area contributed by atoms with Gasteiger partial charge in [0.05, 0.1) is 22.8 Å². The predicted octanol–water partition coefficient (Wildman–Crippen LogP) is 4.54. The first-order valence-corrected chi connectivity index (χ1v) is 8.94. The molecule has 0 aliphatic carbocycles. The molecule has 0 spiro atoms. The van der Waals surface area contributed by atoms with Gasteiger partial charge in [-0.25, -0.2) is 4.79 Å². The van der Waals surface area contributed by atoms with Crippen molar-refractivity contribution in [1.29, 1.82) is 0 Å².